The van der Waals surface area contributed by atoms with Crippen molar-refractivity contribution in [3.8, 4) is 0 Å². The fourth-order valence-corrected chi connectivity index (χ4v) is 4.79. The summed E-state index contributed by atoms with van der Waals surface area (Å²) in [4.78, 5) is 29.5. The summed E-state index contributed by atoms with van der Waals surface area (Å²) in [7, 11) is -4.02. The predicted octanol–water partition coefficient (Wildman–Crippen LogP) is 2.50. The van der Waals surface area contributed by atoms with Crippen LogP contribution in [0.25, 0.3) is 10.2 Å². The number of fused-ring (bicyclic) bond motifs is 1. The molecule has 142 valence electrons. The van der Waals surface area contributed by atoms with Crippen molar-refractivity contribution in [2.45, 2.75) is 31.7 Å². The number of aromatic nitrogens is 2. The zero-order valence-corrected chi connectivity index (χ0v) is 17.1. The van der Waals surface area contributed by atoms with Gasteiger partial charge in [-0.05, 0) is 43.8 Å². The number of hydrogen-bond donors (Lipinski definition) is 2. The van der Waals surface area contributed by atoms with Gasteiger partial charge in [0, 0.05) is 4.88 Å². The van der Waals surface area contributed by atoms with Gasteiger partial charge in [0.2, 0.25) is 0 Å². The van der Waals surface area contributed by atoms with Crippen molar-refractivity contribution in [2.75, 3.05) is 0 Å². The molecule has 0 aliphatic heterocycles. The van der Waals surface area contributed by atoms with Crippen LogP contribution in [0.2, 0.25) is 0 Å². The van der Waals surface area contributed by atoms with Crippen molar-refractivity contribution < 1.29 is 13.2 Å². The minimum Gasteiger partial charge on any atom is -0.323 e. The van der Waals surface area contributed by atoms with Gasteiger partial charge in [0.15, 0.2) is 4.77 Å². The van der Waals surface area contributed by atoms with Crippen LogP contribution in [-0.4, -0.2) is 23.9 Å². The van der Waals surface area contributed by atoms with E-state index in [1.54, 1.807) is 18.2 Å². The number of hydrogen-bond acceptors (Lipinski definition) is 6. The number of benzene rings is 1. The van der Waals surface area contributed by atoms with Gasteiger partial charge in [-0.3, -0.25) is 14.2 Å². The van der Waals surface area contributed by atoms with Crippen LogP contribution in [0.4, 0.5) is 0 Å². The average Bonchev–Trinajstić information content (AvgIpc) is 3.02. The highest BCUT2D eigenvalue weighted by atomic mass is 32.2. The van der Waals surface area contributed by atoms with E-state index in [1.165, 1.54) is 23.5 Å². The Labute approximate surface area is 164 Å². The summed E-state index contributed by atoms with van der Waals surface area (Å²) >= 11 is 6.59. The number of carbonyl (C=O) groups excluding carboxylic acids is 1. The molecule has 0 saturated carbocycles. The molecule has 3 aromatic rings. The second-order valence-electron chi connectivity index (χ2n) is 5.97. The first-order valence-corrected chi connectivity index (χ1v) is 10.8. The van der Waals surface area contributed by atoms with E-state index in [0.29, 0.717) is 10.2 Å². The first-order chi connectivity index (χ1) is 12.7. The zero-order chi connectivity index (χ0) is 19.8. The Morgan fingerprint density at radius 2 is 1.96 bits per heavy atom. The third-order valence-electron chi connectivity index (χ3n) is 3.95. The third kappa shape index (κ3) is 4.02. The van der Waals surface area contributed by atoms with Crippen LogP contribution in [0.3, 0.4) is 0 Å². The highest BCUT2D eigenvalue weighted by Gasteiger charge is 2.19. The van der Waals surface area contributed by atoms with Crippen molar-refractivity contribution in [3.05, 3.63) is 55.9 Å². The maximum Gasteiger partial charge on any atom is 0.264 e. The number of aryl methyl sites for hydroxylation is 2. The van der Waals surface area contributed by atoms with Gasteiger partial charge < -0.3 is 4.98 Å². The molecule has 0 aliphatic carbocycles. The largest absolute Gasteiger partial charge is 0.323 e. The van der Waals surface area contributed by atoms with Crippen molar-refractivity contribution in [1.29, 1.82) is 0 Å². The summed E-state index contributed by atoms with van der Waals surface area (Å²) < 4.78 is 27.7. The normalized spacial score (nSPS) is 11.6. The Bertz CT molecular complexity index is 1240. The van der Waals surface area contributed by atoms with E-state index < -0.39 is 28.0 Å². The number of thiophene rings is 1. The zero-order valence-electron chi connectivity index (χ0n) is 14.6. The molecule has 0 radical (unpaired) electrons. The highest BCUT2D eigenvalue weighted by molar-refractivity contribution is 7.90. The number of nitrogens with one attached hydrogen (secondary N) is 2. The molecule has 2 aromatic heterocycles. The topological polar surface area (TPSA) is 101 Å². The lowest BCUT2D eigenvalue weighted by atomic mass is 10.2. The monoisotopic (exact) mass is 423 g/mol. The van der Waals surface area contributed by atoms with E-state index in [-0.39, 0.29) is 9.67 Å². The first kappa shape index (κ1) is 19.5. The van der Waals surface area contributed by atoms with Crippen LogP contribution < -0.4 is 10.3 Å². The van der Waals surface area contributed by atoms with Crippen LogP contribution >= 0.6 is 23.6 Å². The summed E-state index contributed by atoms with van der Waals surface area (Å²) in [6, 6.07) is 7.84. The Balaban J connectivity index is 1.89. The van der Waals surface area contributed by atoms with E-state index in [0.717, 1.165) is 21.4 Å². The lowest BCUT2D eigenvalue weighted by Crippen LogP contribution is -2.36. The predicted molar refractivity (Wildman–Crippen MR) is 107 cm³/mol. The number of carbonyl (C=O) groups is 1. The molecule has 0 unspecified atom stereocenters. The molecule has 0 spiro atoms. The number of aromatic amines is 1. The van der Waals surface area contributed by atoms with Crippen LogP contribution in [0, 0.1) is 11.7 Å². The maximum atomic E-state index is 12.6. The molecule has 1 amide bonds. The van der Waals surface area contributed by atoms with Crippen molar-refractivity contribution in [2.24, 2.45) is 0 Å². The molecule has 2 heterocycles. The summed E-state index contributed by atoms with van der Waals surface area (Å²) in [6.07, 6.45) is 0.772. The standard InChI is InChI=1S/C17H17N3O4S3/c1-3-11-8-13-15(26-11)18-17(25)20(16(13)22)9-14(21)19-27(23,24)12-6-4-10(2)5-7-12/h4-8H,3,9H2,1-2H3,(H,18,25)(H,19,21). The van der Waals surface area contributed by atoms with Gasteiger partial charge in [0.25, 0.3) is 21.5 Å². The molecular weight excluding hydrogens is 406 g/mol. The molecule has 0 fully saturated rings. The van der Waals surface area contributed by atoms with Gasteiger partial charge in [-0.1, -0.05) is 24.6 Å². The van der Waals surface area contributed by atoms with E-state index in [9.17, 15) is 18.0 Å². The molecule has 1 aromatic carbocycles. The average molecular weight is 424 g/mol. The van der Waals surface area contributed by atoms with Crippen molar-refractivity contribution in [3.63, 3.8) is 0 Å². The second kappa shape index (κ2) is 7.37. The Hall–Kier alpha value is -2.30. The minimum absolute atomic E-state index is 0.0279. The van der Waals surface area contributed by atoms with E-state index >= 15 is 0 Å². The van der Waals surface area contributed by atoms with Gasteiger partial charge >= 0.3 is 0 Å². The molecular formula is C17H17N3O4S3. The Morgan fingerprint density at radius 3 is 2.59 bits per heavy atom. The van der Waals surface area contributed by atoms with Gasteiger partial charge in [-0.25, -0.2) is 13.1 Å². The third-order valence-corrected chi connectivity index (χ3v) is 6.86. The molecule has 0 aliphatic rings. The fraction of sp³-hybridized carbons (Fsp3) is 0.235. The minimum atomic E-state index is -4.02. The smallest absolute Gasteiger partial charge is 0.264 e. The summed E-state index contributed by atoms with van der Waals surface area (Å²) in [6.45, 7) is 3.31. The summed E-state index contributed by atoms with van der Waals surface area (Å²) in [5, 5.41) is 0.430. The summed E-state index contributed by atoms with van der Waals surface area (Å²) in [5.41, 5.74) is 0.473. The van der Waals surface area contributed by atoms with Gasteiger partial charge in [0.1, 0.15) is 11.4 Å². The van der Waals surface area contributed by atoms with Gasteiger partial charge in [-0.2, -0.15) is 0 Å². The molecule has 3 rings (SSSR count). The van der Waals surface area contributed by atoms with E-state index in [4.69, 9.17) is 12.2 Å². The lowest BCUT2D eigenvalue weighted by Gasteiger charge is -2.09. The highest BCUT2D eigenvalue weighted by Crippen LogP contribution is 2.21. The fourth-order valence-electron chi connectivity index (χ4n) is 2.52. The lowest BCUT2D eigenvalue weighted by molar-refractivity contribution is -0.120. The van der Waals surface area contributed by atoms with Crippen LogP contribution in [0.1, 0.15) is 17.4 Å². The Morgan fingerprint density at radius 1 is 1.30 bits per heavy atom. The summed E-state index contributed by atoms with van der Waals surface area (Å²) in [5.74, 6) is -0.845. The Kier molecular flexibility index (Phi) is 5.31. The number of rotatable bonds is 5. The van der Waals surface area contributed by atoms with Crippen LogP contribution in [0.15, 0.2) is 40.0 Å². The molecule has 10 heteroatoms. The van der Waals surface area contributed by atoms with Gasteiger partial charge in [-0.15, -0.1) is 11.3 Å². The van der Waals surface area contributed by atoms with E-state index in [1.807, 2.05) is 18.6 Å². The first-order valence-electron chi connectivity index (χ1n) is 8.09. The second-order valence-corrected chi connectivity index (χ2v) is 9.18. The number of nitrogens with zero attached hydrogens (tertiary/aromatic N) is 1. The molecule has 27 heavy (non-hydrogen) atoms. The molecule has 0 saturated heterocycles. The van der Waals surface area contributed by atoms with E-state index in [2.05, 4.69) is 4.98 Å². The number of amides is 1. The van der Waals surface area contributed by atoms with Gasteiger partial charge in [0.05, 0.1) is 10.3 Å². The molecule has 2 N–H and O–H groups in total. The van der Waals surface area contributed by atoms with Crippen LogP contribution in [-0.2, 0) is 27.8 Å². The molecule has 0 bridgehead atoms. The molecule has 7 nitrogen and oxygen atoms in total. The molecule has 0 atom stereocenters. The van der Waals surface area contributed by atoms with Crippen molar-refractivity contribution in [1.82, 2.24) is 14.3 Å². The maximum absolute atomic E-state index is 12.6. The number of sulfonamides is 1. The number of H-pyrrole nitrogens is 1. The SMILES string of the molecule is CCc1cc2c(=O)n(CC(=O)NS(=O)(=O)c3ccc(C)cc3)c(=S)[nH]c2s1. The quantitative estimate of drug-likeness (QED) is 0.614. The van der Waals surface area contributed by atoms with Crippen molar-refractivity contribution >= 4 is 49.7 Å². The van der Waals surface area contributed by atoms with Crippen LogP contribution in [0.5, 0.6) is 0 Å².